The zero-order valence-electron chi connectivity index (χ0n) is 8.49. The van der Waals surface area contributed by atoms with Crippen LogP contribution >= 0.6 is 0 Å². The lowest BCUT2D eigenvalue weighted by Crippen LogP contribution is -2.11. The second-order valence-corrected chi connectivity index (χ2v) is 3.96. The van der Waals surface area contributed by atoms with Gasteiger partial charge in [0.25, 0.3) is 0 Å². The third kappa shape index (κ3) is 2.14. The number of fused-ring (bicyclic) bond motifs is 1. The van der Waals surface area contributed by atoms with Crippen molar-refractivity contribution in [1.82, 2.24) is 0 Å². The Kier molecular flexibility index (Phi) is 2.85. The molecule has 1 aromatic rings. The Morgan fingerprint density at radius 2 is 2.29 bits per heavy atom. The Morgan fingerprint density at radius 1 is 1.43 bits per heavy atom. The van der Waals surface area contributed by atoms with E-state index in [1.54, 1.807) is 0 Å². The van der Waals surface area contributed by atoms with Gasteiger partial charge in [-0.3, -0.25) is 0 Å². The first-order valence-electron chi connectivity index (χ1n) is 5.12. The Balaban J connectivity index is 2.20. The van der Waals surface area contributed by atoms with Crippen molar-refractivity contribution >= 4 is 0 Å². The third-order valence-corrected chi connectivity index (χ3v) is 2.58. The summed E-state index contributed by atoms with van der Waals surface area (Å²) >= 11 is 0. The smallest absolute Gasteiger partial charge is 0.0719 e. The molecule has 1 atom stereocenters. The van der Waals surface area contributed by atoms with Gasteiger partial charge in [-0.25, -0.2) is 0 Å². The van der Waals surface area contributed by atoms with Crippen LogP contribution in [-0.2, 0) is 24.2 Å². The SMILES string of the molecule is C[C@@H](O)Cc1ccc2c(c1)CCOC2. The average molecular weight is 192 g/mol. The third-order valence-electron chi connectivity index (χ3n) is 2.58. The van der Waals surface area contributed by atoms with E-state index < -0.39 is 0 Å². The number of ether oxygens (including phenoxy) is 1. The highest BCUT2D eigenvalue weighted by Gasteiger charge is 2.10. The molecule has 0 aromatic heterocycles. The molecule has 0 fully saturated rings. The van der Waals surface area contributed by atoms with Gasteiger partial charge in [0.15, 0.2) is 0 Å². The maximum absolute atomic E-state index is 9.29. The van der Waals surface area contributed by atoms with Gasteiger partial charge in [-0.05, 0) is 36.5 Å². The number of benzene rings is 1. The van der Waals surface area contributed by atoms with Crippen molar-refractivity contribution in [2.75, 3.05) is 6.61 Å². The summed E-state index contributed by atoms with van der Waals surface area (Å²) in [5, 5.41) is 9.29. The Labute approximate surface area is 84.5 Å². The van der Waals surface area contributed by atoms with Crippen molar-refractivity contribution in [2.45, 2.75) is 32.5 Å². The van der Waals surface area contributed by atoms with Crippen LogP contribution in [0.4, 0.5) is 0 Å². The lowest BCUT2D eigenvalue weighted by molar-refractivity contribution is 0.110. The van der Waals surface area contributed by atoms with E-state index in [0.29, 0.717) is 0 Å². The van der Waals surface area contributed by atoms with Gasteiger partial charge in [-0.1, -0.05) is 18.2 Å². The predicted molar refractivity (Wildman–Crippen MR) is 55.2 cm³/mol. The molecule has 1 aliphatic rings. The van der Waals surface area contributed by atoms with E-state index in [2.05, 4.69) is 18.2 Å². The minimum atomic E-state index is -0.257. The van der Waals surface area contributed by atoms with Crippen LogP contribution in [0, 0.1) is 0 Å². The molecule has 76 valence electrons. The molecule has 2 rings (SSSR count). The molecule has 0 aliphatic carbocycles. The summed E-state index contributed by atoms with van der Waals surface area (Å²) in [6.07, 6.45) is 1.49. The molecular weight excluding hydrogens is 176 g/mol. The van der Waals surface area contributed by atoms with Crippen LogP contribution < -0.4 is 0 Å². The highest BCUT2D eigenvalue weighted by atomic mass is 16.5. The second kappa shape index (κ2) is 4.11. The molecule has 1 N–H and O–H groups in total. The summed E-state index contributed by atoms with van der Waals surface area (Å²) in [5.41, 5.74) is 3.90. The molecule has 0 saturated heterocycles. The minimum Gasteiger partial charge on any atom is -0.393 e. The maximum Gasteiger partial charge on any atom is 0.0719 e. The molecule has 0 bridgehead atoms. The number of hydrogen-bond donors (Lipinski definition) is 1. The molecule has 0 radical (unpaired) electrons. The average Bonchev–Trinajstić information content (AvgIpc) is 2.17. The Morgan fingerprint density at radius 3 is 3.07 bits per heavy atom. The second-order valence-electron chi connectivity index (χ2n) is 3.96. The Hall–Kier alpha value is -0.860. The predicted octanol–water partition coefficient (Wildman–Crippen LogP) is 1.68. The van der Waals surface area contributed by atoms with Crippen molar-refractivity contribution < 1.29 is 9.84 Å². The summed E-state index contributed by atoms with van der Waals surface area (Å²) < 4.78 is 5.37. The quantitative estimate of drug-likeness (QED) is 0.772. The van der Waals surface area contributed by atoms with Gasteiger partial charge in [-0.15, -0.1) is 0 Å². The normalized spacial score (nSPS) is 17.6. The monoisotopic (exact) mass is 192 g/mol. The molecular formula is C12H16O2. The highest BCUT2D eigenvalue weighted by Crippen LogP contribution is 2.18. The molecule has 2 nitrogen and oxygen atoms in total. The van der Waals surface area contributed by atoms with Crippen LogP contribution in [0.3, 0.4) is 0 Å². The summed E-state index contributed by atoms with van der Waals surface area (Å²) in [5.74, 6) is 0. The van der Waals surface area contributed by atoms with E-state index in [1.165, 1.54) is 16.7 Å². The summed E-state index contributed by atoms with van der Waals surface area (Å²) in [7, 11) is 0. The van der Waals surface area contributed by atoms with E-state index in [4.69, 9.17) is 4.74 Å². The first-order valence-corrected chi connectivity index (χ1v) is 5.12. The molecule has 0 saturated carbocycles. The topological polar surface area (TPSA) is 29.5 Å². The zero-order chi connectivity index (χ0) is 9.97. The van der Waals surface area contributed by atoms with E-state index in [1.807, 2.05) is 6.92 Å². The van der Waals surface area contributed by atoms with Crippen molar-refractivity contribution in [3.05, 3.63) is 34.9 Å². The Bertz CT molecular complexity index is 318. The highest BCUT2D eigenvalue weighted by molar-refractivity contribution is 5.33. The maximum atomic E-state index is 9.29. The molecule has 1 aliphatic heterocycles. The molecule has 2 heteroatoms. The van der Waals surface area contributed by atoms with Gasteiger partial charge in [0.05, 0.1) is 19.3 Å². The lowest BCUT2D eigenvalue weighted by atomic mass is 9.98. The van der Waals surface area contributed by atoms with Crippen molar-refractivity contribution in [2.24, 2.45) is 0 Å². The molecule has 1 aromatic carbocycles. The van der Waals surface area contributed by atoms with Crippen molar-refractivity contribution in [3.8, 4) is 0 Å². The van der Waals surface area contributed by atoms with Gasteiger partial charge in [0.2, 0.25) is 0 Å². The van der Waals surface area contributed by atoms with Crippen molar-refractivity contribution in [1.29, 1.82) is 0 Å². The van der Waals surface area contributed by atoms with Crippen LogP contribution in [0.1, 0.15) is 23.6 Å². The van der Waals surface area contributed by atoms with Crippen LogP contribution in [0.5, 0.6) is 0 Å². The van der Waals surface area contributed by atoms with Crippen LogP contribution in [0.2, 0.25) is 0 Å². The number of aliphatic hydroxyl groups is 1. The molecule has 0 unspecified atom stereocenters. The first kappa shape index (κ1) is 9.69. The number of rotatable bonds is 2. The fraction of sp³-hybridized carbons (Fsp3) is 0.500. The van der Waals surface area contributed by atoms with Gasteiger partial charge in [-0.2, -0.15) is 0 Å². The zero-order valence-corrected chi connectivity index (χ0v) is 8.49. The summed E-state index contributed by atoms with van der Waals surface area (Å²) in [6, 6.07) is 6.40. The number of hydrogen-bond acceptors (Lipinski definition) is 2. The number of aliphatic hydroxyl groups excluding tert-OH is 1. The van der Waals surface area contributed by atoms with Crippen LogP contribution in [0.15, 0.2) is 18.2 Å². The van der Waals surface area contributed by atoms with Gasteiger partial charge >= 0.3 is 0 Å². The van der Waals surface area contributed by atoms with Crippen molar-refractivity contribution in [3.63, 3.8) is 0 Å². The lowest BCUT2D eigenvalue weighted by Gasteiger charge is -2.17. The molecule has 0 amide bonds. The molecule has 0 spiro atoms. The van der Waals surface area contributed by atoms with E-state index in [-0.39, 0.29) is 6.10 Å². The van der Waals surface area contributed by atoms with Crippen LogP contribution in [-0.4, -0.2) is 17.8 Å². The van der Waals surface area contributed by atoms with E-state index >= 15 is 0 Å². The standard InChI is InChI=1S/C12H16O2/c1-9(13)6-10-2-3-12-8-14-5-4-11(12)7-10/h2-3,7,9,13H,4-6,8H2,1H3/t9-/m1/s1. The van der Waals surface area contributed by atoms with Gasteiger partial charge in [0, 0.05) is 0 Å². The summed E-state index contributed by atoms with van der Waals surface area (Å²) in [6.45, 7) is 3.39. The molecule has 14 heavy (non-hydrogen) atoms. The first-order chi connectivity index (χ1) is 6.75. The fourth-order valence-electron chi connectivity index (χ4n) is 1.89. The molecule has 1 heterocycles. The van der Waals surface area contributed by atoms with Gasteiger partial charge in [0.1, 0.15) is 0 Å². The fourth-order valence-corrected chi connectivity index (χ4v) is 1.89. The minimum absolute atomic E-state index is 0.257. The van der Waals surface area contributed by atoms with E-state index in [0.717, 1.165) is 26.1 Å². The summed E-state index contributed by atoms with van der Waals surface area (Å²) in [4.78, 5) is 0. The van der Waals surface area contributed by atoms with E-state index in [9.17, 15) is 5.11 Å². The van der Waals surface area contributed by atoms with Crippen LogP contribution in [0.25, 0.3) is 0 Å². The van der Waals surface area contributed by atoms with Gasteiger partial charge < -0.3 is 9.84 Å². The largest absolute Gasteiger partial charge is 0.393 e.